The zero-order chi connectivity index (χ0) is 18.4. The van der Waals surface area contributed by atoms with Crippen LogP contribution in [0.4, 0.5) is 5.69 Å². The van der Waals surface area contributed by atoms with E-state index in [2.05, 4.69) is 30.9 Å². The second-order valence-electron chi connectivity index (χ2n) is 7.79. The Bertz CT molecular complexity index is 800. The summed E-state index contributed by atoms with van der Waals surface area (Å²) in [5.74, 6) is 0. The Labute approximate surface area is 160 Å². The van der Waals surface area contributed by atoms with Crippen LogP contribution in [0.3, 0.4) is 0 Å². The van der Waals surface area contributed by atoms with E-state index in [-0.39, 0.29) is 5.41 Å². The van der Waals surface area contributed by atoms with Gasteiger partial charge in [0.1, 0.15) is 0 Å². The Morgan fingerprint density at radius 3 is 2.50 bits per heavy atom. The van der Waals surface area contributed by atoms with Crippen LogP contribution in [-0.2, 0) is 21.1 Å². The summed E-state index contributed by atoms with van der Waals surface area (Å²) in [6.07, 6.45) is -0.496. The third-order valence-electron chi connectivity index (χ3n) is 5.21. The molecule has 0 N–H and O–H groups in total. The highest BCUT2D eigenvalue weighted by molar-refractivity contribution is 8.15. The Hall–Kier alpha value is -1.20. The first-order valence-corrected chi connectivity index (χ1v) is 11.8. The Kier molecular flexibility index (Phi) is 4.72. The molecule has 0 aromatic heterocycles. The number of nitrogens with zero attached hydrogens (tertiary/aromatic N) is 3. The number of hydrogen-bond donors (Lipinski definition) is 0. The second kappa shape index (κ2) is 6.75. The molecule has 5 nitrogen and oxygen atoms in total. The molecule has 1 fully saturated rings. The smallest absolute Gasteiger partial charge is 0.209 e. The summed E-state index contributed by atoms with van der Waals surface area (Å²) in [6.45, 7) is 7.98. The van der Waals surface area contributed by atoms with Gasteiger partial charge in [0.25, 0.3) is 0 Å². The van der Waals surface area contributed by atoms with E-state index in [1.165, 1.54) is 11.0 Å². The van der Waals surface area contributed by atoms with Crippen molar-refractivity contribution >= 4 is 29.6 Å². The van der Waals surface area contributed by atoms with Crippen LogP contribution in [0.25, 0.3) is 0 Å². The third-order valence-corrected chi connectivity index (χ3v) is 9.07. The minimum absolute atomic E-state index is 0.163. The molecule has 2 aliphatic heterocycles. The topological polar surface area (TPSA) is 37.3 Å². The van der Waals surface area contributed by atoms with Gasteiger partial charge in [0.2, 0.25) is 6.42 Å². The normalized spacial score (nSPS) is 28.2. The SMILES string of the molecule is COP1(=S)C2=C(N3CCOCC3)CC(C)(C)CC2=NN1c1ccccc1. The highest BCUT2D eigenvalue weighted by Crippen LogP contribution is 2.67. The van der Waals surface area contributed by atoms with E-state index in [0.717, 1.165) is 50.5 Å². The van der Waals surface area contributed by atoms with Crippen molar-refractivity contribution in [1.82, 2.24) is 4.90 Å². The Morgan fingerprint density at radius 1 is 1.15 bits per heavy atom. The Morgan fingerprint density at radius 2 is 1.85 bits per heavy atom. The first-order chi connectivity index (χ1) is 12.4. The average molecular weight is 391 g/mol. The number of benzene rings is 1. The molecule has 0 amide bonds. The number of ether oxygens (including phenoxy) is 1. The van der Waals surface area contributed by atoms with E-state index in [4.69, 9.17) is 26.2 Å². The number of hydrogen-bond acceptors (Lipinski definition) is 5. The van der Waals surface area contributed by atoms with Crippen LogP contribution in [0.1, 0.15) is 26.7 Å². The van der Waals surface area contributed by atoms with Crippen LogP contribution in [0, 0.1) is 5.41 Å². The molecule has 1 aliphatic carbocycles. The van der Waals surface area contributed by atoms with Crippen LogP contribution in [0.15, 0.2) is 46.4 Å². The number of allylic oxidation sites excluding steroid dienone is 2. The molecule has 1 saturated heterocycles. The molecule has 140 valence electrons. The molecule has 4 rings (SSSR count). The van der Waals surface area contributed by atoms with Gasteiger partial charge in [0, 0.05) is 25.9 Å². The maximum Gasteiger partial charge on any atom is 0.209 e. The van der Waals surface area contributed by atoms with Crippen molar-refractivity contribution in [3.05, 3.63) is 41.3 Å². The van der Waals surface area contributed by atoms with Crippen LogP contribution in [0.5, 0.6) is 0 Å². The summed E-state index contributed by atoms with van der Waals surface area (Å²) in [7, 11) is 1.73. The molecule has 26 heavy (non-hydrogen) atoms. The molecular formula is C19H26N3O2PS. The molecule has 1 aromatic rings. The fourth-order valence-electron chi connectivity index (χ4n) is 4.01. The van der Waals surface area contributed by atoms with E-state index in [0.29, 0.717) is 0 Å². The predicted molar refractivity (Wildman–Crippen MR) is 110 cm³/mol. The fourth-order valence-corrected chi connectivity index (χ4v) is 7.23. The van der Waals surface area contributed by atoms with Gasteiger partial charge in [-0.1, -0.05) is 32.0 Å². The lowest BCUT2D eigenvalue weighted by Crippen LogP contribution is -2.40. The highest BCUT2D eigenvalue weighted by Gasteiger charge is 2.47. The van der Waals surface area contributed by atoms with Crippen LogP contribution >= 0.6 is 6.42 Å². The van der Waals surface area contributed by atoms with E-state index in [9.17, 15) is 0 Å². The van der Waals surface area contributed by atoms with Gasteiger partial charge in [-0.15, -0.1) is 0 Å². The van der Waals surface area contributed by atoms with E-state index in [1.54, 1.807) is 7.11 Å². The standard InChI is InChI=1S/C19H26N3O2PS/c1-19(2)13-16-18(17(14-19)21-9-11-24-12-10-21)25(26,23-3)22(20-16)15-7-5-4-6-8-15/h4-8H,9-14H2,1-3H3. The van der Waals surface area contributed by atoms with Gasteiger partial charge in [-0.25, -0.2) is 4.78 Å². The minimum atomic E-state index is -2.43. The van der Waals surface area contributed by atoms with Crippen molar-refractivity contribution in [1.29, 1.82) is 0 Å². The molecule has 0 bridgehead atoms. The number of anilines is 1. The number of fused-ring (bicyclic) bond motifs is 1. The van der Waals surface area contributed by atoms with Gasteiger partial charge < -0.3 is 14.2 Å². The lowest BCUT2D eigenvalue weighted by Gasteiger charge is -2.41. The molecule has 1 unspecified atom stereocenters. The maximum atomic E-state index is 6.18. The van der Waals surface area contributed by atoms with Crippen molar-refractivity contribution in [2.24, 2.45) is 10.5 Å². The first-order valence-electron chi connectivity index (χ1n) is 9.10. The molecule has 7 heteroatoms. The molecule has 0 spiro atoms. The number of rotatable bonds is 3. The second-order valence-corrected chi connectivity index (χ2v) is 11.5. The maximum absolute atomic E-state index is 6.18. The number of morpholine rings is 1. The monoisotopic (exact) mass is 391 g/mol. The average Bonchev–Trinajstić information content (AvgIpc) is 2.94. The fraction of sp³-hybridized carbons (Fsp3) is 0.526. The van der Waals surface area contributed by atoms with Crippen molar-refractivity contribution in [2.75, 3.05) is 38.2 Å². The molecule has 0 radical (unpaired) electrons. The summed E-state index contributed by atoms with van der Waals surface area (Å²) in [5.41, 5.74) is 3.60. The lowest BCUT2D eigenvalue weighted by atomic mass is 9.78. The van der Waals surface area contributed by atoms with Gasteiger partial charge in [-0.2, -0.15) is 5.10 Å². The Balaban J connectivity index is 1.86. The molecule has 0 saturated carbocycles. The number of hydrazone groups is 1. The quantitative estimate of drug-likeness (QED) is 0.723. The third kappa shape index (κ3) is 3.03. The summed E-state index contributed by atoms with van der Waals surface area (Å²) in [4.78, 5) is 2.45. The highest BCUT2D eigenvalue weighted by atomic mass is 32.4. The molecule has 3 aliphatic rings. The van der Waals surface area contributed by atoms with Crippen LogP contribution in [-0.4, -0.2) is 44.0 Å². The summed E-state index contributed by atoms with van der Waals surface area (Å²) >= 11 is 6.18. The van der Waals surface area contributed by atoms with Crippen LogP contribution < -0.4 is 4.78 Å². The first kappa shape index (κ1) is 18.2. The zero-order valence-corrected chi connectivity index (χ0v) is 17.4. The van der Waals surface area contributed by atoms with Crippen LogP contribution in [0.2, 0.25) is 0 Å². The molecule has 1 aromatic carbocycles. The van der Waals surface area contributed by atoms with Crippen molar-refractivity contribution < 1.29 is 9.26 Å². The molecule has 2 heterocycles. The predicted octanol–water partition coefficient (Wildman–Crippen LogP) is 4.18. The van der Waals surface area contributed by atoms with Gasteiger partial charge >= 0.3 is 0 Å². The largest absolute Gasteiger partial charge is 0.378 e. The summed E-state index contributed by atoms with van der Waals surface area (Å²) < 4.78 is 13.6. The van der Waals surface area contributed by atoms with Gasteiger partial charge in [-0.05, 0) is 42.2 Å². The molecule has 1 atom stereocenters. The number of para-hydroxylation sites is 1. The zero-order valence-electron chi connectivity index (χ0n) is 15.6. The van der Waals surface area contributed by atoms with E-state index >= 15 is 0 Å². The van der Waals surface area contributed by atoms with Gasteiger partial charge in [0.15, 0.2) is 0 Å². The minimum Gasteiger partial charge on any atom is -0.378 e. The lowest BCUT2D eigenvalue weighted by molar-refractivity contribution is 0.0489. The van der Waals surface area contributed by atoms with Crippen molar-refractivity contribution in [3.8, 4) is 0 Å². The van der Waals surface area contributed by atoms with E-state index in [1.807, 2.05) is 23.0 Å². The summed E-state index contributed by atoms with van der Waals surface area (Å²) in [5, 5.41) is 6.18. The van der Waals surface area contributed by atoms with Crippen molar-refractivity contribution in [2.45, 2.75) is 26.7 Å². The van der Waals surface area contributed by atoms with Crippen molar-refractivity contribution in [3.63, 3.8) is 0 Å². The van der Waals surface area contributed by atoms with E-state index < -0.39 is 6.42 Å². The molecular weight excluding hydrogens is 365 g/mol. The van der Waals surface area contributed by atoms with Gasteiger partial charge in [0.05, 0.1) is 29.9 Å². The van der Waals surface area contributed by atoms with Gasteiger partial charge in [-0.3, -0.25) is 0 Å². The summed E-state index contributed by atoms with van der Waals surface area (Å²) in [6, 6.07) is 10.2.